The van der Waals surface area contributed by atoms with Crippen molar-refractivity contribution in [3.8, 4) is 5.75 Å². The molecule has 1 saturated carbocycles. The number of carbonyl (C=O) groups is 3. The second-order valence-electron chi connectivity index (χ2n) is 10.1. The van der Waals surface area contributed by atoms with Gasteiger partial charge in [-0.3, -0.25) is 14.4 Å². The molecule has 0 saturated heterocycles. The molecule has 1 fully saturated rings. The first-order chi connectivity index (χ1) is 16.7. The summed E-state index contributed by atoms with van der Waals surface area (Å²) in [4.78, 5) is 40.6. The van der Waals surface area contributed by atoms with Crippen molar-refractivity contribution >= 4 is 17.7 Å². The van der Waals surface area contributed by atoms with Gasteiger partial charge < -0.3 is 25.6 Å². The van der Waals surface area contributed by atoms with Gasteiger partial charge in [-0.2, -0.15) is 0 Å². The molecule has 1 aromatic carbocycles. The van der Waals surface area contributed by atoms with Crippen molar-refractivity contribution in [1.29, 1.82) is 0 Å². The number of aryl methyl sites for hydroxylation is 1. The normalized spacial score (nSPS) is 25.7. The average molecular weight is 491 g/mol. The molecule has 35 heavy (non-hydrogen) atoms. The van der Waals surface area contributed by atoms with Crippen LogP contribution in [0.15, 0.2) is 18.2 Å². The molecule has 0 unspecified atom stereocenters. The Kier molecular flexibility index (Phi) is 9.48. The number of hydrogen-bond donors (Lipinski definition) is 3. The molecule has 3 atom stereocenters. The molecule has 1 heterocycles. The Labute approximate surface area is 207 Å². The van der Waals surface area contributed by atoms with Crippen molar-refractivity contribution in [3.63, 3.8) is 0 Å². The standard InChI is InChI=1S/C26H39FN4O4/c1-16(2)15-21-25(33)29-12-6-8-19-7-5-9-20(27)23(19)35-14-13-28-22(18-10-11-18)26(34)31(4)17(3)24(32)30-21/h5,7,9,16-18,21-22,28H,6,8,10-15H2,1-4H3,(H,29,33)(H,30,32)/t17-,21-,22+/m1/s1. The number of hydrogen-bond acceptors (Lipinski definition) is 5. The first-order valence-electron chi connectivity index (χ1n) is 12.7. The third-order valence-corrected chi connectivity index (χ3v) is 6.69. The molecule has 2 aliphatic rings. The highest BCUT2D eigenvalue weighted by molar-refractivity contribution is 5.93. The molecule has 9 heteroatoms. The van der Waals surface area contributed by atoms with E-state index in [1.54, 1.807) is 20.0 Å². The number of halogens is 1. The van der Waals surface area contributed by atoms with Crippen LogP contribution < -0.4 is 20.7 Å². The number of rotatable bonds is 3. The fourth-order valence-electron chi connectivity index (χ4n) is 4.36. The Morgan fingerprint density at radius 3 is 2.57 bits per heavy atom. The van der Waals surface area contributed by atoms with Gasteiger partial charge in [0.25, 0.3) is 0 Å². The maximum Gasteiger partial charge on any atom is 0.243 e. The fourth-order valence-corrected chi connectivity index (χ4v) is 4.36. The molecule has 8 nitrogen and oxygen atoms in total. The molecule has 1 aliphatic heterocycles. The van der Waals surface area contributed by atoms with Gasteiger partial charge in [0.1, 0.15) is 18.7 Å². The fraction of sp³-hybridized carbons (Fsp3) is 0.654. The maximum atomic E-state index is 14.5. The van der Waals surface area contributed by atoms with Crippen molar-refractivity contribution in [2.24, 2.45) is 11.8 Å². The number of fused-ring (bicyclic) bond motifs is 1. The summed E-state index contributed by atoms with van der Waals surface area (Å²) in [5, 5.41) is 9.00. The Morgan fingerprint density at radius 2 is 1.89 bits per heavy atom. The molecule has 0 radical (unpaired) electrons. The smallest absolute Gasteiger partial charge is 0.243 e. The monoisotopic (exact) mass is 490 g/mol. The molecule has 3 amide bonds. The second-order valence-corrected chi connectivity index (χ2v) is 10.1. The van der Waals surface area contributed by atoms with E-state index < -0.39 is 23.9 Å². The Balaban J connectivity index is 1.81. The van der Waals surface area contributed by atoms with Crippen LogP contribution in [0.4, 0.5) is 4.39 Å². The third kappa shape index (κ3) is 7.40. The van der Waals surface area contributed by atoms with E-state index in [4.69, 9.17) is 4.74 Å². The largest absolute Gasteiger partial charge is 0.489 e. The molecule has 0 aromatic heterocycles. The first-order valence-corrected chi connectivity index (χ1v) is 12.7. The van der Waals surface area contributed by atoms with Crippen molar-refractivity contribution in [1.82, 2.24) is 20.9 Å². The predicted octanol–water partition coefficient (Wildman–Crippen LogP) is 2.01. The zero-order valence-electron chi connectivity index (χ0n) is 21.2. The second kappa shape index (κ2) is 12.3. The summed E-state index contributed by atoms with van der Waals surface area (Å²) < 4.78 is 20.3. The third-order valence-electron chi connectivity index (χ3n) is 6.69. The van der Waals surface area contributed by atoms with Gasteiger partial charge in [0.2, 0.25) is 17.7 Å². The molecule has 194 valence electrons. The summed E-state index contributed by atoms with van der Waals surface area (Å²) in [7, 11) is 1.61. The number of benzene rings is 1. The lowest BCUT2D eigenvalue weighted by Crippen LogP contribution is -2.56. The van der Waals surface area contributed by atoms with Crippen LogP contribution in [0.2, 0.25) is 0 Å². The van der Waals surface area contributed by atoms with Crippen molar-refractivity contribution in [3.05, 3.63) is 29.6 Å². The minimum Gasteiger partial charge on any atom is -0.489 e. The minimum atomic E-state index is -0.732. The zero-order valence-corrected chi connectivity index (χ0v) is 21.2. The van der Waals surface area contributed by atoms with Crippen LogP contribution in [0.25, 0.3) is 0 Å². The Bertz CT molecular complexity index is 905. The van der Waals surface area contributed by atoms with Crippen LogP contribution in [0, 0.1) is 17.7 Å². The van der Waals surface area contributed by atoms with Crippen molar-refractivity contribution in [2.45, 2.75) is 71.0 Å². The van der Waals surface area contributed by atoms with E-state index in [1.807, 2.05) is 19.9 Å². The van der Waals surface area contributed by atoms with Crippen LogP contribution in [0.5, 0.6) is 5.75 Å². The molecular weight excluding hydrogens is 451 g/mol. The SMILES string of the molecule is CC(C)C[C@H]1NC(=O)[C@@H](C)N(C)C(=O)[C@H](C2CC2)NCCOc2c(F)cccc2CCCNC1=O. The van der Waals surface area contributed by atoms with Gasteiger partial charge in [-0.15, -0.1) is 0 Å². The highest BCUT2D eigenvalue weighted by atomic mass is 19.1. The molecular formula is C26H39FN4O4. The van der Waals surface area contributed by atoms with E-state index in [0.29, 0.717) is 32.4 Å². The predicted molar refractivity (Wildman–Crippen MR) is 131 cm³/mol. The Morgan fingerprint density at radius 1 is 1.14 bits per heavy atom. The van der Waals surface area contributed by atoms with Gasteiger partial charge in [-0.1, -0.05) is 26.0 Å². The lowest BCUT2D eigenvalue weighted by molar-refractivity contribution is -0.141. The lowest BCUT2D eigenvalue weighted by Gasteiger charge is -2.30. The highest BCUT2D eigenvalue weighted by Gasteiger charge is 2.39. The van der Waals surface area contributed by atoms with Crippen LogP contribution >= 0.6 is 0 Å². The van der Waals surface area contributed by atoms with Crippen LogP contribution in [0.1, 0.15) is 52.0 Å². The molecule has 0 bridgehead atoms. The summed E-state index contributed by atoms with van der Waals surface area (Å²) in [6, 6.07) is 2.97. The van der Waals surface area contributed by atoms with E-state index in [-0.39, 0.29) is 41.9 Å². The van der Waals surface area contributed by atoms with E-state index in [1.165, 1.54) is 11.0 Å². The van der Waals surface area contributed by atoms with Crippen LogP contribution in [-0.2, 0) is 20.8 Å². The van der Waals surface area contributed by atoms with E-state index in [9.17, 15) is 18.8 Å². The summed E-state index contributed by atoms with van der Waals surface area (Å²) in [6.45, 7) is 6.61. The summed E-state index contributed by atoms with van der Waals surface area (Å²) in [5.74, 6) is -0.612. The summed E-state index contributed by atoms with van der Waals surface area (Å²) in [5.41, 5.74) is 0.732. The van der Waals surface area contributed by atoms with E-state index in [2.05, 4.69) is 16.0 Å². The Hall–Kier alpha value is -2.68. The van der Waals surface area contributed by atoms with E-state index >= 15 is 0 Å². The zero-order chi connectivity index (χ0) is 25.5. The number of nitrogens with one attached hydrogen (secondary N) is 3. The average Bonchev–Trinajstić information content (AvgIpc) is 3.65. The summed E-state index contributed by atoms with van der Waals surface area (Å²) in [6.07, 6.45) is 3.49. The van der Waals surface area contributed by atoms with Gasteiger partial charge in [0.15, 0.2) is 11.6 Å². The summed E-state index contributed by atoms with van der Waals surface area (Å²) >= 11 is 0. The topological polar surface area (TPSA) is 99.8 Å². The molecule has 0 spiro atoms. The number of carbonyl (C=O) groups excluding carboxylic acids is 3. The number of nitrogens with zero attached hydrogens (tertiary/aromatic N) is 1. The molecule has 3 N–H and O–H groups in total. The number of ether oxygens (including phenoxy) is 1. The highest BCUT2D eigenvalue weighted by Crippen LogP contribution is 2.33. The molecule has 1 aromatic rings. The number of amides is 3. The van der Waals surface area contributed by atoms with Gasteiger partial charge >= 0.3 is 0 Å². The van der Waals surface area contributed by atoms with Crippen molar-refractivity contribution in [2.75, 3.05) is 26.7 Å². The number of likely N-dealkylation sites (N-methyl/N-ethyl adjacent to an activating group) is 1. The molecule has 1 aliphatic carbocycles. The van der Waals surface area contributed by atoms with Crippen LogP contribution in [0.3, 0.4) is 0 Å². The first kappa shape index (κ1) is 26.9. The molecule has 3 rings (SSSR count). The van der Waals surface area contributed by atoms with Gasteiger partial charge in [0.05, 0.1) is 6.04 Å². The quantitative estimate of drug-likeness (QED) is 0.602. The lowest BCUT2D eigenvalue weighted by atomic mass is 10.0. The number of para-hydroxylation sites is 1. The van der Waals surface area contributed by atoms with E-state index in [0.717, 1.165) is 18.4 Å². The van der Waals surface area contributed by atoms with Gasteiger partial charge in [-0.25, -0.2) is 4.39 Å². The van der Waals surface area contributed by atoms with Gasteiger partial charge in [-0.05, 0) is 62.5 Å². The minimum absolute atomic E-state index is 0.173. The van der Waals surface area contributed by atoms with Gasteiger partial charge in [0, 0.05) is 20.1 Å². The maximum absolute atomic E-state index is 14.5. The van der Waals surface area contributed by atoms with Crippen molar-refractivity contribution < 1.29 is 23.5 Å². The van der Waals surface area contributed by atoms with Crippen LogP contribution in [-0.4, -0.2) is 67.5 Å².